The molecule has 0 aliphatic carbocycles. The van der Waals surface area contributed by atoms with E-state index < -0.39 is 46.9 Å². The van der Waals surface area contributed by atoms with E-state index in [1.807, 2.05) is 0 Å². The van der Waals surface area contributed by atoms with Crippen molar-refractivity contribution in [3.8, 4) is 0 Å². The van der Waals surface area contributed by atoms with Crippen LogP contribution >= 0.6 is 0 Å². The third kappa shape index (κ3) is 3.97. The van der Waals surface area contributed by atoms with Crippen LogP contribution in [0.4, 0.5) is 5.95 Å². The van der Waals surface area contributed by atoms with E-state index >= 15 is 0 Å². The van der Waals surface area contributed by atoms with Crippen molar-refractivity contribution in [3.05, 3.63) is 56.2 Å². The maximum Gasteiger partial charge on any atom is 0.824 e. The van der Waals surface area contributed by atoms with Crippen LogP contribution in [-0.2, 0) is 5.91 Å². The number of hydrogen-bond donors (Lipinski definition) is 2. The SMILES string of the molecule is N[NH3+].O.O=[N+]([O-])/N=c1\[n-]c([N+](=O)[O-])nn1C([N+](=O)[O-])([N+](=O)[O-])[N+](=O)[O-]. The number of nitrogens with two attached hydrogens (primary N) is 1. The molecule has 0 spiro atoms. The van der Waals surface area contributed by atoms with Crippen LogP contribution < -0.4 is 22.3 Å². The summed E-state index contributed by atoms with van der Waals surface area (Å²) in [7, 11) is 0. The molecule has 1 aromatic rings. The molecule has 0 aromatic carbocycles. The Hall–Kier alpha value is -4.18. The molecule has 7 N–H and O–H groups in total. The summed E-state index contributed by atoms with van der Waals surface area (Å²) >= 11 is 0. The van der Waals surface area contributed by atoms with E-state index in [9.17, 15) is 50.6 Å². The molecule has 140 valence electrons. The summed E-state index contributed by atoms with van der Waals surface area (Å²) in [4.78, 5) is 48.0. The average molecular weight is 373 g/mol. The van der Waals surface area contributed by atoms with Crippen molar-refractivity contribution in [2.75, 3.05) is 0 Å². The Kier molecular flexibility index (Phi) is 7.81. The maximum absolute atomic E-state index is 10.8. The summed E-state index contributed by atoms with van der Waals surface area (Å²) in [6, 6.07) is 0. The van der Waals surface area contributed by atoms with Crippen molar-refractivity contribution in [1.82, 2.24) is 14.8 Å². The first-order valence-corrected chi connectivity index (χ1v) is 4.87. The van der Waals surface area contributed by atoms with E-state index in [0.717, 1.165) is 0 Å². The second kappa shape index (κ2) is 8.45. The Morgan fingerprint density at radius 2 is 1.40 bits per heavy atom. The lowest BCUT2D eigenvalue weighted by atomic mass is 10.6. The van der Waals surface area contributed by atoms with Gasteiger partial charge < -0.3 is 15.6 Å². The molecule has 22 nitrogen and oxygen atoms in total. The molecule has 22 heteroatoms. The number of quaternary nitrogens is 1. The molecule has 0 saturated carbocycles. The number of aromatic nitrogens is 3. The van der Waals surface area contributed by atoms with Crippen LogP contribution in [0, 0.1) is 50.6 Å². The van der Waals surface area contributed by atoms with Gasteiger partial charge in [-0.3, -0.25) is 36.2 Å². The largest absolute Gasteiger partial charge is 0.824 e. The highest BCUT2D eigenvalue weighted by Crippen LogP contribution is 2.17. The van der Waals surface area contributed by atoms with Gasteiger partial charge in [-0.05, 0) is 4.68 Å². The van der Waals surface area contributed by atoms with Crippen molar-refractivity contribution in [1.29, 1.82) is 0 Å². The highest BCUT2D eigenvalue weighted by Gasteiger charge is 2.76. The fourth-order valence-corrected chi connectivity index (χ4v) is 1.14. The van der Waals surface area contributed by atoms with Crippen molar-refractivity contribution in [3.63, 3.8) is 0 Å². The molecular formula is C3H7N11O11. The van der Waals surface area contributed by atoms with E-state index in [-0.39, 0.29) is 5.48 Å². The lowest BCUT2D eigenvalue weighted by molar-refractivity contribution is -1.01. The number of rotatable bonds is 6. The second-order valence-corrected chi connectivity index (χ2v) is 3.09. The highest BCUT2D eigenvalue weighted by atomic mass is 16.7. The first-order chi connectivity index (χ1) is 11.0. The van der Waals surface area contributed by atoms with Crippen LogP contribution in [0.25, 0.3) is 0 Å². The van der Waals surface area contributed by atoms with Gasteiger partial charge in [-0.15, -0.1) is 5.10 Å². The molecule has 1 aromatic heterocycles. The van der Waals surface area contributed by atoms with Gasteiger partial charge in [0.25, 0.3) is 5.95 Å². The molecule has 0 aliphatic heterocycles. The number of nitro groups is 5. The summed E-state index contributed by atoms with van der Waals surface area (Å²) in [6.45, 7) is 0. The van der Waals surface area contributed by atoms with Crippen molar-refractivity contribution < 1.29 is 36.0 Å². The summed E-state index contributed by atoms with van der Waals surface area (Å²) in [6.07, 6.45) is 0. The zero-order valence-electron chi connectivity index (χ0n) is 11.4. The van der Waals surface area contributed by atoms with Gasteiger partial charge in [-0.1, -0.05) is 0 Å². The molecule has 1 rings (SSSR count). The molecule has 0 aliphatic rings. The van der Waals surface area contributed by atoms with E-state index in [1.165, 1.54) is 0 Å². The Morgan fingerprint density at radius 1 is 1.00 bits per heavy atom. The van der Waals surface area contributed by atoms with Gasteiger partial charge in [0, 0.05) is 0 Å². The van der Waals surface area contributed by atoms with Crippen molar-refractivity contribution in [2.45, 2.75) is 5.91 Å². The molecular weight excluding hydrogens is 366 g/mol. The van der Waals surface area contributed by atoms with Crippen LogP contribution in [0.1, 0.15) is 0 Å². The maximum atomic E-state index is 10.8. The minimum atomic E-state index is -4.52. The van der Waals surface area contributed by atoms with E-state index in [1.54, 1.807) is 0 Å². The molecule has 0 amide bonds. The Bertz CT molecular complexity index is 722. The van der Waals surface area contributed by atoms with Gasteiger partial charge in [-0.25, -0.2) is 10.1 Å². The van der Waals surface area contributed by atoms with Gasteiger partial charge in [-0.2, -0.15) is 15.7 Å². The quantitative estimate of drug-likeness (QED) is 0.203. The van der Waals surface area contributed by atoms with Gasteiger partial charge in [0.15, 0.2) is 5.03 Å². The van der Waals surface area contributed by atoms with Crippen LogP contribution in [0.3, 0.4) is 0 Å². The van der Waals surface area contributed by atoms with Crippen LogP contribution in [0.15, 0.2) is 5.10 Å². The number of hydrogen-bond acceptors (Lipinski definition) is 12. The topological polar surface area (TPSA) is 345 Å². The van der Waals surface area contributed by atoms with Crippen molar-refractivity contribution in [2.24, 2.45) is 10.9 Å². The van der Waals surface area contributed by atoms with Gasteiger partial charge >= 0.3 is 11.5 Å². The summed E-state index contributed by atoms with van der Waals surface area (Å²) < 4.78 is -0.839. The molecule has 0 atom stereocenters. The fraction of sp³-hybridized carbons (Fsp3) is 0.333. The number of nitrogens with zero attached hydrogens (tertiary/aromatic N) is 9. The Balaban J connectivity index is 0. The zero-order valence-corrected chi connectivity index (χ0v) is 11.4. The Labute approximate surface area is 131 Å². The minimum absolute atomic E-state index is 0. The first kappa shape index (κ1) is 23.1. The fourth-order valence-electron chi connectivity index (χ4n) is 1.14. The average Bonchev–Trinajstić information content (AvgIpc) is 2.84. The zero-order chi connectivity index (χ0) is 19.2. The smallest absolute Gasteiger partial charge is 0.458 e. The molecule has 0 unspecified atom stereocenters. The van der Waals surface area contributed by atoms with Gasteiger partial charge in [0.05, 0.1) is 0 Å². The monoisotopic (exact) mass is 373 g/mol. The summed E-state index contributed by atoms with van der Waals surface area (Å²) in [5.41, 5.74) is -1.68. The normalized spacial score (nSPS) is 10.7. The highest BCUT2D eigenvalue weighted by molar-refractivity contribution is 4.96. The van der Waals surface area contributed by atoms with E-state index in [0.29, 0.717) is 0 Å². The molecule has 0 saturated heterocycles. The van der Waals surface area contributed by atoms with E-state index in [4.69, 9.17) is 0 Å². The van der Waals surface area contributed by atoms with Gasteiger partial charge in [0.1, 0.15) is 5.10 Å². The van der Waals surface area contributed by atoms with Gasteiger partial charge in [0.2, 0.25) is 14.8 Å². The first-order valence-electron chi connectivity index (χ1n) is 4.87. The predicted molar refractivity (Wildman–Crippen MR) is 64.4 cm³/mol. The lowest BCUT2D eigenvalue weighted by Gasteiger charge is -2.06. The molecule has 1 heterocycles. The third-order valence-corrected chi connectivity index (χ3v) is 1.93. The molecule has 0 bridgehead atoms. The van der Waals surface area contributed by atoms with Crippen LogP contribution in [0.5, 0.6) is 0 Å². The summed E-state index contributed by atoms with van der Waals surface area (Å²) in [5, 5.41) is 56.2. The van der Waals surface area contributed by atoms with Crippen molar-refractivity contribution >= 4 is 5.95 Å². The molecule has 0 radical (unpaired) electrons. The van der Waals surface area contributed by atoms with Crippen LogP contribution in [0.2, 0.25) is 0 Å². The lowest BCUT2D eigenvalue weighted by Crippen LogP contribution is -2.59. The Morgan fingerprint density at radius 3 is 1.68 bits per heavy atom. The molecule has 0 fully saturated rings. The second-order valence-electron chi connectivity index (χ2n) is 3.09. The summed E-state index contributed by atoms with van der Waals surface area (Å²) in [5.74, 6) is 0.881. The van der Waals surface area contributed by atoms with Crippen LogP contribution in [-0.4, -0.2) is 40.0 Å². The minimum Gasteiger partial charge on any atom is -0.458 e. The molecule has 25 heavy (non-hydrogen) atoms. The van der Waals surface area contributed by atoms with E-state index in [2.05, 4.69) is 26.9 Å². The standard InChI is InChI=1S/C3N9O10.H4N2.H2O/c13-8(14)2-4-1(6-12(21)22)7(5-2)3(9(15)16,10(17)18)11(19)20;1-2;/h;1-2H2;1H2/q-1;;/p+1. The third-order valence-electron chi connectivity index (χ3n) is 1.93. The predicted octanol–water partition coefficient (Wildman–Crippen LogP) is -5.48.